The number of methoxy groups -OCH3 is 1. The number of carboxylic acids is 1. The first kappa shape index (κ1) is 14.7. The summed E-state index contributed by atoms with van der Waals surface area (Å²) in [5, 5.41) is 12.2. The number of halogens is 2. The number of hydrogen-bond donors (Lipinski definition) is 2. The van der Waals surface area contributed by atoms with Gasteiger partial charge < -0.3 is 15.2 Å². The number of ether oxygens (including phenoxy) is 1. The zero-order valence-corrected chi connectivity index (χ0v) is 11.2. The second kappa shape index (κ2) is 5.75. The average Bonchev–Trinajstić information content (AvgIpc) is 2.36. The van der Waals surface area contributed by atoms with Gasteiger partial charge in [0.25, 0.3) is 0 Å². The molecule has 0 saturated heterocycles. The molecule has 20 heavy (non-hydrogen) atoms. The summed E-state index contributed by atoms with van der Waals surface area (Å²) in [5.74, 6) is -2.95. The number of carbonyl (C=O) groups is 1. The molecule has 1 aliphatic carbocycles. The van der Waals surface area contributed by atoms with E-state index in [0.717, 1.165) is 12.5 Å². The number of benzene rings is 1. The van der Waals surface area contributed by atoms with Crippen LogP contribution >= 0.6 is 0 Å². The SMILES string of the molecule is COc1cc(CNCC2(C(=O)O)CCC2)cc(F)c1F. The first-order chi connectivity index (χ1) is 9.48. The highest BCUT2D eigenvalue weighted by Gasteiger charge is 2.43. The molecule has 0 radical (unpaired) electrons. The largest absolute Gasteiger partial charge is 0.494 e. The lowest BCUT2D eigenvalue weighted by Crippen LogP contribution is -2.46. The summed E-state index contributed by atoms with van der Waals surface area (Å²) in [6.07, 6.45) is 2.21. The van der Waals surface area contributed by atoms with Crippen molar-refractivity contribution in [1.82, 2.24) is 5.32 Å². The van der Waals surface area contributed by atoms with Crippen molar-refractivity contribution >= 4 is 5.97 Å². The Morgan fingerprint density at radius 1 is 1.45 bits per heavy atom. The van der Waals surface area contributed by atoms with E-state index in [1.807, 2.05) is 0 Å². The van der Waals surface area contributed by atoms with Gasteiger partial charge in [-0.1, -0.05) is 6.42 Å². The molecule has 0 heterocycles. The van der Waals surface area contributed by atoms with Crippen LogP contribution in [0.25, 0.3) is 0 Å². The van der Waals surface area contributed by atoms with E-state index in [1.54, 1.807) is 0 Å². The molecule has 0 unspecified atom stereocenters. The summed E-state index contributed by atoms with van der Waals surface area (Å²) < 4.78 is 31.3. The number of carboxylic acid groups (broad SMARTS) is 1. The van der Waals surface area contributed by atoms with Crippen molar-refractivity contribution < 1.29 is 23.4 Å². The monoisotopic (exact) mass is 285 g/mol. The van der Waals surface area contributed by atoms with Crippen LogP contribution in [0.1, 0.15) is 24.8 Å². The molecule has 0 atom stereocenters. The molecule has 0 bridgehead atoms. The molecule has 2 rings (SSSR count). The van der Waals surface area contributed by atoms with Crippen molar-refractivity contribution in [3.8, 4) is 5.75 Å². The van der Waals surface area contributed by atoms with Crippen molar-refractivity contribution in [1.29, 1.82) is 0 Å². The van der Waals surface area contributed by atoms with Gasteiger partial charge in [-0.25, -0.2) is 4.39 Å². The molecule has 0 spiro atoms. The minimum Gasteiger partial charge on any atom is -0.494 e. The van der Waals surface area contributed by atoms with Crippen molar-refractivity contribution in [3.63, 3.8) is 0 Å². The van der Waals surface area contributed by atoms with Crippen LogP contribution in [-0.2, 0) is 11.3 Å². The molecule has 2 N–H and O–H groups in total. The van der Waals surface area contributed by atoms with Gasteiger partial charge in [-0.15, -0.1) is 0 Å². The lowest BCUT2D eigenvalue weighted by molar-refractivity contribution is -0.154. The quantitative estimate of drug-likeness (QED) is 0.842. The Balaban J connectivity index is 1.98. The van der Waals surface area contributed by atoms with Crippen LogP contribution in [0.3, 0.4) is 0 Å². The minimum absolute atomic E-state index is 0.154. The van der Waals surface area contributed by atoms with Crippen LogP contribution in [0.2, 0.25) is 0 Å². The number of rotatable bonds is 6. The maximum Gasteiger partial charge on any atom is 0.310 e. The van der Waals surface area contributed by atoms with Gasteiger partial charge in [0.1, 0.15) is 0 Å². The minimum atomic E-state index is -1.02. The fourth-order valence-electron chi connectivity index (χ4n) is 2.38. The second-order valence-electron chi connectivity index (χ2n) is 5.14. The fourth-order valence-corrected chi connectivity index (χ4v) is 2.38. The van der Waals surface area contributed by atoms with Crippen LogP contribution < -0.4 is 10.1 Å². The molecule has 1 saturated carbocycles. The summed E-state index contributed by atoms with van der Waals surface area (Å²) in [5.41, 5.74) is -0.191. The third-order valence-electron chi connectivity index (χ3n) is 3.83. The van der Waals surface area contributed by atoms with Crippen molar-refractivity contribution in [2.75, 3.05) is 13.7 Å². The molecule has 0 aromatic heterocycles. The summed E-state index contributed by atoms with van der Waals surface area (Å²) in [4.78, 5) is 11.2. The van der Waals surface area contributed by atoms with Crippen LogP contribution in [0.4, 0.5) is 8.78 Å². The number of nitrogens with one attached hydrogen (secondary N) is 1. The van der Waals surface area contributed by atoms with Gasteiger partial charge in [-0.3, -0.25) is 4.79 Å². The molecule has 4 nitrogen and oxygen atoms in total. The molecule has 1 aromatic rings. The molecule has 1 aliphatic rings. The molecule has 110 valence electrons. The maximum absolute atomic E-state index is 13.3. The van der Waals surface area contributed by atoms with Gasteiger partial charge in [0.15, 0.2) is 11.6 Å². The zero-order valence-electron chi connectivity index (χ0n) is 11.2. The van der Waals surface area contributed by atoms with Crippen molar-refractivity contribution in [2.45, 2.75) is 25.8 Å². The predicted molar refractivity (Wildman–Crippen MR) is 68.5 cm³/mol. The topological polar surface area (TPSA) is 58.6 Å². The van der Waals surface area contributed by atoms with E-state index < -0.39 is 23.0 Å². The Morgan fingerprint density at radius 3 is 2.65 bits per heavy atom. The molecule has 1 fully saturated rings. The Morgan fingerprint density at radius 2 is 2.15 bits per heavy atom. The summed E-state index contributed by atoms with van der Waals surface area (Å²) in [6.45, 7) is 0.590. The van der Waals surface area contributed by atoms with Gasteiger partial charge in [0, 0.05) is 13.1 Å². The van der Waals surface area contributed by atoms with E-state index in [0.29, 0.717) is 24.9 Å². The molecular weight excluding hydrogens is 268 g/mol. The van der Waals surface area contributed by atoms with Gasteiger partial charge in [0.2, 0.25) is 5.82 Å². The van der Waals surface area contributed by atoms with Crippen molar-refractivity contribution in [2.24, 2.45) is 5.41 Å². The Labute approximate surface area is 115 Å². The van der Waals surface area contributed by atoms with E-state index in [9.17, 15) is 18.7 Å². The first-order valence-electron chi connectivity index (χ1n) is 6.44. The number of aliphatic carboxylic acids is 1. The standard InChI is InChI=1S/C14H17F2NO3/c1-20-11-6-9(5-10(15)12(11)16)7-17-8-14(13(18)19)3-2-4-14/h5-6,17H,2-4,7-8H2,1H3,(H,18,19). The highest BCUT2D eigenvalue weighted by Crippen LogP contribution is 2.40. The lowest BCUT2D eigenvalue weighted by Gasteiger charge is -2.37. The van der Waals surface area contributed by atoms with E-state index in [-0.39, 0.29) is 12.3 Å². The molecule has 0 amide bonds. The van der Waals surface area contributed by atoms with E-state index in [1.165, 1.54) is 13.2 Å². The van der Waals surface area contributed by atoms with Crippen LogP contribution in [0, 0.1) is 17.0 Å². The highest BCUT2D eigenvalue weighted by molar-refractivity contribution is 5.76. The third kappa shape index (κ3) is 2.75. The maximum atomic E-state index is 13.3. The normalized spacial score (nSPS) is 16.6. The van der Waals surface area contributed by atoms with Gasteiger partial charge >= 0.3 is 5.97 Å². The summed E-state index contributed by atoms with van der Waals surface area (Å²) in [7, 11) is 1.27. The predicted octanol–water partition coefficient (Wildman–Crippen LogP) is 2.32. The first-order valence-corrected chi connectivity index (χ1v) is 6.44. The van der Waals surface area contributed by atoms with E-state index >= 15 is 0 Å². The molecule has 1 aromatic carbocycles. The average molecular weight is 285 g/mol. The smallest absolute Gasteiger partial charge is 0.310 e. The van der Waals surface area contributed by atoms with Gasteiger partial charge in [0.05, 0.1) is 12.5 Å². The van der Waals surface area contributed by atoms with Crippen LogP contribution in [0.5, 0.6) is 5.75 Å². The fraction of sp³-hybridized carbons (Fsp3) is 0.500. The molecular formula is C14H17F2NO3. The Bertz CT molecular complexity index is 515. The summed E-state index contributed by atoms with van der Waals surface area (Å²) >= 11 is 0. The van der Waals surface area contributed by atoms with Gasteiger partial charge in [-0.2, -0.15) is 4.39 Å². The molecule has 6 heteroatoms. The third-order valence-corrected chi connectivity index (χ3v) is 3.83. The lowest BCUT2D eigenvalue weighted by atomic mass is 9.69. The zero-order chi connectivity index (χ0) is 14.8. The van der Waals surface area contributed by atoms with E-state index in [2.05, 4.69) is 5.32 Å². The van der Waals surface area contributed by atoms with Crippen LogP contribution in [0.15, 0.2) is 12.1 Å². The Kier molecular flexibility index (Phi) is 4.23. The molecule has 0 aliphatic heterocycles. The second-order valence-corrected chi connectivity index (χ2v) is 5.14. The number of hydrogen-bond acceptors (Lipinski definition) is 3. The van der Waals surface area contributed by atoms with Crippen LogP contribution in [-0.4, -0.2) is 24.7 Å². The van der Waals surface area contributed by atoms with Gasteiger partial charge in [-0.05, 0) is 30.5 Å². The Hall–Kier alpha value is -1.69. The van der Waals surface area contributed by atoms with E-state index in [4.69, 9.17) is 4.74 Å². The summed E-state index contributed by atoms with van der Waals surface area (Å²) in [6, 6.07) is 2.48. The highest BCUT2D eigenvalue weighted by atomic mass is 19.2. The van der Waals surface area contributed by atoms with Crippen molar-refractivity contribution in [3.05, 3.63) is 29.3 Å².